The zero-order valence-corrected chi connectivity index (χ0v) is 26.6. The summed E-state index contributed by atoms with van der Waals surface area (Å²) in [5, 5.41) is 15.1. The fourth-order valence-electron chi connectivity index (χ4n) is 5.51. The molecule has 0 radical (unpaired) electrons. The van der Waals surface area contributed by atoms with E-state index in [-0.39, 0.29) is 46.2 Å². The number of amides is 2. The Morgan fingerprint density at radius 3 is 2.44 bits per heavy atom. The number of thioether (sulfide) groups is 1. The molecule has 16 heteroatoms. The van der Waals surface area contributed by atoms with Gasteiger partial charge in [0.1, 0.15) is 22.9 Å². The van der Waals surface area contributed by atoms with Gasteiger partial charge in [0, 0.05) is 55.6 Å². The lowest BCUT2D eigenvalue weighted by Gasteiger charge is -2.36. The summed E-state index contributed by atoms with van der Waals surface area (Å²) in [6.07, 6.45) is 3.04. The number of carbonyl (C=O) groups excluding carboxylic acids is 2. The SMILES string of the molecule is COc1ccc(NC(=O)CSc2nc(NC(=O)CN3CCN(c4cc5c(cc4F)c(=O)c(C(=O)O)cn5C4CC4)CC3)cc(=O)[nH]2)cc1. The van der Waals surface area contributed by atoms with Crippen molar-refractivity contribution in [1.82, 2.24) is 19.4 Å². The van der Waals surface area contributed by atoms with E-state index in [0.717, 1.165) is 36.7 Å². The maximum absolute atomic E-state index is 15.3. The molecule has 2 aromatic heterocycles. The first-order valence-corrected chi connectivity index (χ1v) is 16.1. The van der Waals surface area contributed by atoms with Gasteiger partial charge >= 0.3 is 5.97 Å². The van der Waals surface area contributed by atoms with E-state index in [1.54, 1.807) is 42.0 Å². The topological polar surface area (TPSA) is 179 Å². The average molecular weight is 678 g/mol. The second-order valence-electron chi connectivity index (χ2n) is 11.4. The number of methoxy groups -OCH3 is 1. The number of benzene rings is 2. The van der Waals surface area contributed by atoms with Crippen molar-refractivity contribution in [2.45, 2.75) is 24.0 Å². The number of hydrogen-bond donors (Lipinski definition) is 4. The van der Waals surface area contributed by atoms with Crippen molar-refractivity contribution in [1.29, 1.82) is 0 Å². The number of hydrogen-bond acceptors (Lipinski definition) is 10. The predicted octanol–water partition coefficient (Wildman–Crippen LogP) is 2.76. The maximum Gasteiger partial charge on any atom is 0.341 e. The van der Waals surface area contributed by atoms with Gasteiger partial charge in [0.25, 0.3) is 5.56 Å². The van der Waals surface area contributed by atoms with Crippen LogP contribution >= 0.6 is 11.8 Å². The van der Waals surface area contributed by atoms with Crippen molar-refractivity contribution in [3.05, 3.63) is 80.6 Å². The molecule has 2 aromatic carbocycles. The van der Waals surface area contributed by atoms with Crippen LogP contribution in [0.1, 0.15) is 29.2 Å². The first-order chi connectivity index (χ1) is 23.1. The van der Waals surface area contributed by atoms with Crippen molar-refractivity contribution in [2.24, 2.45) is 0 Å². The number of aromatic amines is 1. The van der Waals surface area contributed by atoms with Crippen molar-refractivity contribution in [2.75, 3.05) is 61.1 Å². The highest BCUT2D eigenvalue weighted by molar-refractivity contribution is 7.99. The molecule has 4 N–H and O–H groups in total. The summed E-state index contributed by atoms with van der Waals surface area (Å²) in [5.41, 5.74) is -0.206. The number of nitrogens with zero attached hydrogens (tertiary/aromatic N) is 4. The Morgan fingerprint density at radius 2 is 1.77 bits per heavy atom. The number of carboxylic acids is 1. The van der Waals surface area contributed by atoms with E-state index in [2.05, 4.69) is 20.6 Å². The van der Waals surface area contributed by atoms with Crippen LogP contribution in [0, 0.1) is 5.82 Å². The lowest BCUT2D eigenvalue weighted by Crippen LogP contribution is -2.49. The van der Waals surface area contributed by atoms with Crippen LogP contribution in [0.25, 0.3) is 10.9 Å². The number of carbonyl (C=O) groups is 3. The van der Waals surface area contributed by atoms with Crippen LogP contribution in [-0.4, -0.2) is 87.9 Å². The molecule has 2 fully saturated rings. The molecule has 1 saturated carbocycles. The number of pyridine rings is 1. The number of nitrogens with one attached hydrogen (secondary N) is 3. The number of H-pyrrole nitrogens is 1. The number of anilines is 3. The number of piperazine rings is 1. The molecule has 1 aliphatic heterocycles. The number of rotatable bonds is 11. The normalized spacial score (nSPS) is 14.9. The van der Waals surface area contributed by atoms with Crippen LogP contribution in [0.3, 0.4) is 0 Å². The molecule has 1 aliphatic carbocycles. The summed E-state index contributed by atoms with van der Waals surface area (Å²) in [4.78, 5) is 72.4. The van der Waals surface area contributed by atoms with Crippen molar-refractivity contribution in [3.8, 4) is 5.75 Å². The lowest BCUT2D eigenvalue weighted by atomic mass is 10.1. The van der Waals surface area contributed by atoms with E-state index in [0.29, 0.717) is 48.8 Å². The lowest BCUT2D eigenvalue weighted by molar-refractivity contribution is -0.117. The summed E-state index contributed by atoms with van der Waals surface area (Å²) in [6.45, 7) is 1.68. The third-order valence-corrected chi connectivity index (χ3v) is 8.93. The molecule has 1 saturated heterocycles. The van der Waals surface area contributed by atoms with Crippen LogP contribution in [0.5, 0.6) is 5.75 Å². The fourth-order valence-corrected chi connectivity index (χ4v) is 6.19. The molecule has 250 valence electrons. The van der Waals surface area contributed by atoms with Gasteiger partial charge < -0.3 is 34.9 Å². The van der Waals surface area contributed by atoms with Crippen LogP contribution in [-0.2, 0) is 9.59 Å². The van der Waals surface area contributed by atoms with Gasteiger partial charge in [0.2, 0.25) is 17.2 Å². The average Bonchev–Trinajstić information content (AvgIpc) is 3.90. The number of aromatic carboxylic acids is 1. The number of ether oxygens (including phenoxy) is 1. The van der Waals surface area contributed by atoms with E-state index in [4.69, 9.17) is 4.74 Å². The molecule has 0 spiro atoms. The Kier molecular flexibility index (Phi) is 9.45. The van der Waals surface area contributed by atoms with Gasteiger partial charge in [-0.05, 0) is 49.2 Å². The summed E-state index contributed by atoms with van der Waals surface area (Å²) in [7, 11) is 1.55. The molecular weight excluding hydrogens is 645 g/mol. The minimum atomic E-state index is -1.35. The third kappa shape index (κ3) is 7.50. The van der Waals surface area contributed by atoms with Gasteiger partial charge in [-0.25, -0.2) is 14.2 Å². The Morgan fingerprint density at radius 1 is 1.04 bits per heavy atom. The highest BCUT2D eigenvalue weighted by Gasteiger charge is 2.29. The van der Waals surface area contributed by atoms with E-state index in [1.807, 2.05) is 9.80 Å². The summed E-state index contributed by atoms with van der Waals surface area (Å²) >= 11 is 1.01. The molecule has 0 unspecified atom stereocenters. The molecule has 2 amide bonds. The molecule has 6 rings (SSSR count). The fraction of sp³-hybridized carbons (Fsp3) is 0.312. The van der Waals surface area contributed by atoms with Gasteiger partial charge in [-0.1, -0.05) is 11.8 Å². The van der Waals surface area contributed by atoms with Crippen molar-refractivity contribution < 1.29 is 28.6 Å². The van der Waals surface area contributed by atoms with E-state index >= 15 is 4.39 Å². The van der Waals surface area contributed by atoms with Crippen molar-refractivity contribution in [3.63, 3.8) is 0 Å². The molecular formula is C32H32FN7O7S. The van der Waals surface area contributed by atoms with E-state index in [1.165, 1.54) is 6.20 Å². The summed E-state index contributed by atoms with van der Waals surface area (Å²) < 4.78 is 22.2. The summed E-state index contributed by atoms with van der Waals surface area (Å²) in [6, 6.07) is 10.8. The minimum Gasteiger partial charge on any atom is -0.497 e. The Labute approximate surface area is 276 Å². The van der Waals surface area contributed by atoms with Gasteiger partial charge in [0.05, 0.1) is 30.6 Å². The molecule has 14 nitrogen and oxygen atoms in total. The molecule has 2 aliphatic rings. The monoisotopic (exact) mass is 677 g/mol. The molecule has 4 aromatic rings. The standard InChI is InChI=1S/C32H32FN7O7S/c1-47-20-6-2-18(3-7-20)34-29(43)17-48-32-36-26(14-27(41)37-32)35-28(42)16-38-8-10-39(11-9-38)25-13-24-21(12-23(25)33)30(44)22(31(45)46)15-40(24)19-4-5-19/h2-3,6-7,12-15,19H,4-5,8-11,16-17H2,1H3,(H,34,43)(H,45,46)(H2,35,36,37,41,42). The number of aromatic nitrogens is 3. The Bertz CT molecular complexity index is 2010. The minimum absolute atomic E-state index is 0.00838. The van der Waals surface area contributed by atoms with Crippen LogP contribution in [0.4, 0.5) is 21.6 Å². The van der Waals surface area contributed by atoms with Gasteiger partial charge in [-0.3, -0.25) is 24.1 Å². The quantitative estimate of drug-likeness (QED) is 0.136. The highest BCUT2D eigenvalue weighted by atomic mass is 32.2. The highest BCUT2D eigenvalue weighted by Crippen LogP contribution is 2.38. The predicted molar refractivity (Wildman–Crippen MR) is 178 cm³/mol. The number of fused-ring (bicyclic) bond motifs is 1. The zero-order valence-electron chi connectivity index (χ0n) is 25.8. The van der Waals surface area contributed by atoms with Gasteiger partial charge in [-0.15, -0.1) is 0 Å². The zero-order chi connectivity index (χ0) is 33.9. The maximum atomic E-state index is 15.3. The van der Waals surface area contributed by atoms with Crippen LogP contribution in [0.2, 0.25) is 0 Å². The second kappa shape index (κ2) is 13.9. The summed E-state index contributed by atoms with van der Waals surface area (Å²) in [5.74, 6) is -2.00. The van der Waals surface area contributed by atoms with E-state index in [9.17, 15) is 29.1 Å². The van der Waals surface area contributed by atoms with Crippen LogP contribution in [0.15, 0.2) is 63.4 Å². The van der Waals surface area contributed by atoms with Gasteiger partial charge in [0.15, 0.2) is 5.16 Å². The van der Waals surface area contributed by atoms with Crippen molar-refractivity contribution >= 4 is 57.6 Å². The number of carboxylic acid groups (broad SMARTS) is 1. The van der Waals surface area contributed by atoms with Crippen LogP contribution < -0.4 is 31.3 Å². The first-order valence-electron chi connectivity index (χ1n) is 15.1. The molecule has 3 heterocycles. The molecule has 0 bridgehead atoms. The third-order valence-electron chi connectivity index (χ3n) is 8.05. The van der Waals surface area contributed by atoms with E-state index < -0.39 is 28.7 Å². The largest absolute Gasteiger partial charge is 0.497 e. The number of halogens is 1. The van der Waals surface area contributed by atoms with Gasteiger partial charge in [-0.2, -0.15) is 0 Å². The first kappa shape index (κ1) is 32.7. The Hall–Kier alpha value is -5.22. The molecule has 48 heavy (non-hydrogen) atoms. The second-order valence-corrected chi connectivity index (χ2v) is 12.4. The molecule has 0 atom stereocenters. The smallest absolute Gasteiger partial charge is 0.341 e. The Balaban J connectivity index is 1.04.